The highest BCUT2D eigenvalue weighted by Crippen LogP contribution is 2.33. The Morgan fingerprint density at radius 3 is 2.45 bits per heavy atom. The SMILES string of the molecule is COc1ccc(Cn2ccc(-c3cc(-c4cnc(OC)nc4OC)nnc3Cl)c2)cc1. The van der Waals surface area contributed by atoms with Crippen LogP contribution in [0.15, 0.2) is 55.0 Å². The molecule has 0 fully saturated rings. The maximum atomic E-state index is 6.36. The molecule has 1 aromatic carbocycles. The Kier molecular flexibility index (Phi) is 5.99. The molecule has 0 aliphatic carbocycles. The summed E-state index contributed by atoms with van der Waals surface area (Å²) in [7, 11) is 4.67. The number of hydrogen-bond acceptors (Lipinski definition) is 7. The maximum Gasteiger partial charge on any atom is 0.319 e. The van der Waals surface area contributed by atoms with Crippen molar-refractivity contribution in [2.45, 2.75) is 6.54 Å². The molecule has 0 saturated heterocycles. The molecule has 0 spiro atoms. The van der Waals surface area contributed by atoms with Crippen LogP contribution >= 0.6 is 11.6 Å². The summed E-state index contributed by atoms with van der Waals surface area (Å²) in [6.45, 7) is 0.715. The third-order valence-electron chi connectivity index (χ3n) is 4.72. The second-order valence-corrected chi connectivity index (χ2v) is 6.99. The van der Waals surface area contributed by atoms with Crippen molar-refractivity contribution in [1.82, 2.24) is 24.7 Å². The van der Waals surface area contributed by atoms with Gasteiger partial charge in [0.1, 0.15) is 11.4 Å². The van der Waals surface area contributed by atoms with Crippen LogP contribution in [0.1, 0.15) is 5.56 Å². The molecule has 0 amide bonds. The van der Waals surface area contributed by atoms with E-state index in [1.54, 1.807) is 13.3 Å². The first kappa shape index (κ1) is 20.6. The zero-order chi connectivity index (χ0) is 21.8. The average Bonchev–Trinajstić information content (AvgIpc) is 3.27. The molecule has 0 bridgehead atoms. The Hall–Kier alpha value is -3.65. The van der Waals surface area contributed by atoms with E-state index >= 15 is 0 Å². The molecule has 8 nitrogen and oxygen atoms in total. The Morgan fingerprint density at radius 2 is 1.74 bits per heavy atom. The second kappa shape index (κ2) is 9.01. The van der Waals surface area contributed by atoms with Crippen molar-refractivity contribution in [2.75, 3.05) is 21.3 Å². The third-order valence-corrected chi connectivity index (χ3v) is 5.00. The number of rotatable bonds is 7. The van der Waals surface area contributed by atoms with Crippen molar-refractivity contribution in [2.24, 2.45) is 0 Å². The molecule has 0 atom stereocenters. The van der Waals surface area contributed by atoms with Gasteiger partial charge in [-0.25, -0.2) is 4.98 Å². The van der Waals surface area contributed by atoms with Crippen LogP contribution in [-0.4, -0.2) is 46.1 Å². The van der Waals surface area contributed by atoms with Crippen LogP contribution < -0.4 is 14.2 Å². The molecule has 4 aromatic rings. The van der Waals surface area contributed by atoms with Crippen molar-refractivity contribution in [3.8, 4) is 40.0 Å². The monoisotopic (exact) mass is 437 g/mol. The van der Waals surface area contributed by atoms with Crippen LogP contribution in [0.25, 0.3) is 22.4 Å². The predicted molar refractivity (Wildman–Crippen MR) is 117 cm³/mol. The van der Waals surface area contributed by atoms with E-state index in [1.807, 2.05) is 48.8 Å². The first-order chi connectivity index (χ1) is 15.1. The molecular weight excluding hydrogens is 418 g/mol. The molecule has 3 aromatic heterocycles. The highest BCUT2D eigenvalue weighted by Gasteiger charge is 2.16. The van der Waals surface area contributed by atoms with Gasteiger partial charge >= 0.3 is 6.01 Å². The quantitative estimate of drug-likeness (QED) is 0.429. The van der Waals surface area contributed by atoms with Crippen molar-refractivity contribution in [1.29, 1.82) is 0 Å². The Morgan fingerprint density at radius 1 is 0.935 bits per heavy atom. The summed E-state index contributed by atoms with van der Waals surface area (Å²) in [6.07, 6.45) is 5.59. The van der Waals surface area contributed by atoms with E-state index in [0.717, 1.165) is 22.4 Å². The molecule has 0 aliphatic rings. The van der Waals surface area contributed by atoms with Crippen molar-refractivity contribution < 1.29 is 14.2 Å². The highest BCUT2D eigenvalue weighted by molar-refractivity contribution is 6.32. The van der Waals surface area contributed by atoms with Crippen LogP contribution in [0.2, 0.25) is 5.15 Å². The van der Waals surface area contributed by atoms with Gasteiger partial charge in [-0.05, 0) is 29.8 Å². The number of hydrogen-bond donors (Lipinski definition) is 0. The van der Waals surface area contributed by atoms with Gasteiger partial charge in [0.15, 0.2) is 5.15 Å². The molecule has 4 rings (SSSR count). The van der Waals surface area contributed by atoms with Gasteiger partial charge in [0.25, 0.3) is 0 Å². The zero-order valence-corrected chi connectivity index (χ0v) is 18.0. The topological polar surface area (TPSA) is 84.2 Å². The van der Waals surface area contributed by atoms with E-state index in [9.17, 15) is 0 Å². The fourth-order valence-corrected chi connectivity index (χ4v) is 3.33. The summed E-state index contributed by atoms with van der Waals surface area (Å²) in [5, 5.41) is 8.61. The van der Waals surface area contributed by atoms with Crippen molar-refractivity contribution >= 4 is 11.6 Å². The number of benzene rings is 1. The lowest BCUT2D eigenvalue weighted by Crippen LogP contribution is -2.00. The lowest BCUT2D eigenvalue weighted by atomic mass is 10.1. The second-order valence-electron chi connectivity index (χ2n) is 6.63. The molecule has 3 heterocycles. The molecule has 9 heteroatoms. The summed E-state index contributed by atoms with van der Waals surface area (Å²) in [5.41, 5.74) is 3.96. The third kappa shape index (κ3) is 4.44. The predicted octanol–water partition coefficient (Wildman–Crippen LogP) is 4.13. The van der Waals surface area contributed by atoms with Gasteiger partial charge in [-0.2, -0.15) is 4.98 Å². The largest absolute Gasteiger partial charge is 0.497 e. The summed E-state index contributed by atoms with van der Waals surface area (Å²) >= 11 is 6.36. The minimum Gasteiger partial charge on any atom is -0.497 e. The van der Waals surface area contributed by atoms with Gasteiger partial charge in [0.05, 0.1) is 26.9 Å². The molecule has 0 radical (unpaired) electrons. The van der Waals surface area contributed by atoms with Crippen LogP contribution in [0.5, 0.6) is 17.6 Å². The molecule has 0 unspecified atom stereocenters. The zero-order valence-electron chi connectivity index (χ0n) is 17.2. The van der Waals surface area contributed by atoms with Crippen molar-refractivity contribution in [3.63, 3.8) is 0 Å². The van der Waals surface area contributed by atoms with Gasteiger partial charge in [-0.15, -0.1) is 10.2 Å². The van der Waals surface area contributed by atoms with Gasteiger partial charge in [-0.1, -0.05) is 23.7 Å². The Balaban J connectivity index is 1.63. The number of methoxy groups -OCH3 is 3. The molecule has 31 heavy (non-hydrogen) atoms. The first-order valence-corrected chi connectivity index (χ1v) is 9.76. The van der Waals surface area contributed by atoms with E-state index in [1.165, 1.54) is 14.2 Å². The van der Waals surface area contributed by atoms with Crippen LogP contribution in [-0.2, 0) is 6.54 Å². The minimum atomic E-state index is 0.207. The molecule has 0 N–H and O–H groups in total. The van der Waals surface area contributed by atoms with Crippen LogP contribution in [0, 0.1) is 0 Å². The summed E-state index contributed by atoms with van der Waals surface area (Å²) in [6, 6.07) is 12.0. The van der Waals surface area contributed by atoms with E-state index in [4.69, 9.17) is 25.8 Å². The Labute approximate surface area is 184 Å². The van der Waals surface area contributed by atoms with Crippen LogP contribution in [0.4, 0.5) is 0 Å². The smallest absolute Gasteiger partial charge is 0.319 e. The van der Waals surface area contributed by atoms with Crippen molar-refractivity contribution in [3.05, 3.63) is 65.7 Å². The van der Waals surface area contributed by atoms with E-state index in [0.29, 0.717) is 28.8 Å². The summed E-state index contributed by atoms with van der Waals surface area (Å²) < 4.78 is 17.7. The number of halogens is 1. The van der Waals surface area contributed by atoms with E-state index in [2.05, 4.69) is 24.7 Å². The minimum absolute atomic E-state index is 0.207. The number of aromatic nitrogens is 5. The standard InChI is InChI=1S/C22H20ClN5O3/c1-29-16-6-4-14(5-7-16)12-28-9-8-15(13-28)17-10-19(26-27-20(17)23)18-11-24-22(31-3)25-21(18)30-2/h4-11,13H,12H2,1-3H3. The van der Waals surface area contributed by atoms with Gasteiger partial charge in [0.2, 0.25) is 5.88 Å². The van der Waals surface area contributed by atoms with Gasteiger partial charge < -0.3 is 18.8 Å². The highest BCUT2D eigenvalue weighted by atomic mass is 35.5. The Bertz CT molecular complexity index is 1190. The number of nitrogens with zero attached hydrogens (tertiary/aromatic N) is 5. The lowest BCUT2D eigenvalue weighted by Gasteiger charge is -2.09. The molecule has 0 aliphatic heterocycles. The molecular formula is C22H20ClN5O3. The fraction of sp³-hybridized carbons (Fsp3) is 0.182. The van der Waals surface area contributed by atoms with E-state index in [-0.39, 0.29) is 6.01 Å². The maximum absolute atomic E-state index is 6.36. The first-order valence-electron chi connectivity index (χ1n) is 9.39. The number of ether oxygens (including phenoxy) is 3. The summed E-state index contributed by atoms with van der Waals surface area (Å²) in [4.78, 5) is 8.35. The summed E-state index contributed by atoms with van der Waals surface area (Å²) in [5.74, 6) is 1.17. The van der Waals surface area contributed by atoms with Crippen LogP contribution in [0.3, 0.4) is 0 Å². The fourth-order valence-electron chi connectivity index (χ4n) is 3.13. The average molecular weight is 438 g/mol. The van der Waals surface area contributed by atoms with Gasteiger partial charge in [-0.3, -0.25) is 0 Å². The van der Waals surface area contributed by atoms with E-state index < -0.39 is 0 Å². The lowest BCUT2D eigenvalue weighted by molar-refractivity contribution is 0.353. The van der Waals surface area contributed by atoms with Gasteiger partial charge in [0, 0.05) is 36.3 Å². The molecule has 0 saturated carbocycles. The normalized spacial score (nSPS) is 10.7. The molecule has 158 valence electrons.